The molecule has 5 rings (SSSR count). The number of carbonyl (C=O) groups excluding carboxylic acids is 1. The first-order valence-electron chi connectivity index (χ1n) is 10.7. The normalized spacial score (nSPS) is 33.7. The standard InChI is InChI=1S/C24H29N3O2/c1-24-15-18-17(14-16-8-4-3-5-9-16)27(21(24)12-6-11-20(24)26(18)2)23(29)22-19(28)10-7-13-25-22/h3-5,7-10,13,17-18,20-21,28H,6,11-12,14-15H2,1-2H3/t17-,18-,20-,21+,24-/m0/s1. The van der Waals surface area contributed by atoms with E-state index in [2.05, 4.69) is 53.0 Å². The fourth-order valence-corrected chi connectivity index (χ4v) is 6.50. The molecule has 0 unspecified atom stereocenters. The zero-order chi connectivity index (χ0) is 20.2. The van der Waals surface area contributed by atoms with Gasteiger partial charge in [-0.15, -0.1) is 0 Å². The Morgan fingerprint density at radius 1 is 1.17 bits per heavy atom. The Labute approximate surface area is 172 Å². The number of likely N-dealkylation sites (tertiary alicyclic amines) is 2. The largest absolute Gasteiger partial charge is 0.505 e. The van der Waals surface area contributed by atoms with E-state index in [4.69, 9.17) is 0 Å². The van der Waals surface area contributed by atoms with Crippen molar-refractivity contribution >= 4 is 5.91 Å². The van der Waals surface area contributed by atoms with E-state index in [1.807, 2.05) is 6.07 Å². The van der Waals surface area contributed by atoms with E-state index >= 15 is 0 Å². The molecule has 0 spiro atoms. The lowest BCUT2D eigenvalue weighted by Gasteiger charge is -2.53. The Hall–Kier alpha value is -2.40. The van der Waals surface area contributed by atoms with Crippen LogP contribution in [0.3, 0.4) is 0 Å². The molecule has 2 aliphatic heterocycles. The first-order valence-corrected chi connectivity index (χ1v) is 10.7. The molecular weight excluding hydrogens is 362 g/mol. The van der Waals surface area contributed by atoms with Crippen LogP contribution in [0.1, 0.15) is 48.7 Å². The van der Waals surface area contributed by atoms with Crippen molar-refractivity contribution in [3.63, 3.8) is 0 Å². The summed E-state index contributed by atoms with van der Waals surface area (Å²) in [7, 11) is 2.24. The van der Waals surface area contributed by atoms with Crippen molar-refractivity contribution in [1.82, 2.24) is 14.8 Å². The third-order valence-electron chi connectivity index (χ3n) is 7.79. The Bertz CT molecular complexity index is 917. The number of aromatic nitrogens is 1. The highest BCUT2D eigenvalue weighted by Crippen LogP contribution is 2.56. The molecule has 3 heterocycles. The van der Waals surface area contributed by atoms with Crippen LogP contribution in [0.4, 0.5) is 0 Å². The molecule has 5 heteroatoms. The third-order valence-corrected chi connectivity index (χ3v) is 7.79. The first kappa shape index (κ1) is 18.6. The topological polar surface area (TPSA) is 56.7 Å². The molecule has 1 aliphatic carbocycles. The second-order valence-electron chi connectivity index (χ2n) is 9.25. The minimum absolute atomic E-state index is 0.0280. The Kier molecular flexibility index (Phi) is 4.39. The van der Waals surface area contributed by atoms with Crippen molar-refractivity contribution < 1.29 is 9.90 Å². The van der Waals surface area contributed by atoms with Crippen LogP contribution in [0, 0.1) is 5.41 Å². The summed E-state index contributed by atoms with van der Waals surface area (Å²) in [5, 5.41) is 10.4. The number of amides is 1. The number of benzene rings is 1. The minimum atomic E-state index is -0.124. The number of likely N-dealkylation sites (N-methyl/N-ethyl adjacent to an activating group) is 1. The van der Waals surface area contributed by atoms with Gasteiger partial charge in [0.2, 0.25) is 0 Å². The molecule has 29 heavy (non-hydrogen) atoms. The quantitative estimate of drug-likeness (QED) is 0.870. The second kappa shape index (κ2) is 6.84. The van der Waals surface area contributed by atoms with Crippen molar-refractivity contribution in [3.8, 4) is 5.75 Å². The lowest BCUT2D eigenvalue weighted by molar-refractivity contribution is -0.0116. The third kappa shape index (κ3) is 2.78. The van der Waals surface area contributed by atoms with Gasteiger partial charge >= 0.3 is 0 Å². The summed E-state index contributed by atoms with van der Waals surface area (Å²) >= 11 is 0. The zero-order valence-corrected chi connectivity index (χ0v) is 17.2. The van der Waals surface area contributed by atoms with Gasteiger partial charge < -0.3 is 10.0 Å². The van der Waals surface area contributed by atoms with Crippen molar-refractivity contribution in [3.05, 3.63) is 59.9 Å². The van der Waals surface area contributed by atoms with E-state index in [9.17, 15) is 9.90 Å². The fourth-order valence-electron chi connectivity index (χ4n) is 6.50. The van der Waals surface area contributed by atoms with E-state index in [1.54, 1.807) is 18.3 Å². The van der Waals surface area contributed by atoms with Gasteiger partial charge in [0.05, 0.1) is 6.04 Å². The molecule has 1 N–H and O–H groups in total. The van der Waals surface area contributed by atoms with E-state index in [0.29, 0.717) is 12.1 Å². The summed E-state index contributed by atoms with van der Waals surface area (Å²) < 4.78 is 0. The molecule has 5 nitrogen and oxygen atoms in total. The number of pyridine rings is 1. The van der Waals surface area contributed by atoms with Gasteiger partial charge in [-0.3, -0.25) is 9.69 Å². The fraction of sp³-hybridized carbons (Fsp3) is 0.500. The van der Waals surface area contributed by atoms with Crippen molar-refractivity contribution in [2.45, 2.75) is 63.2 Å². The number of carbonyl (C=O) groups is 1. The highest BCUT2D eigenvalue weighted by atomic mass is 16.3. The maximum atomic E-state index is 13.8. The molecule has 2 saturated heterocycles. The number of piperidine rings is 1. The lowest BCUT2D eigenvalue weighted by atomic mass is 9.64. The zero-order valence-electron chi connectivity index (χ0n) is 17.2. The highest BCUT2D eigenvalue weighted by molar-refractivity contribution is 5.95. The highest BCUT2D eigenvalue weighted by Gasteiger charge is 2.62. The first-order chi connectivity index (χ1) is 14.0. The average molecular weight is 392 g/mol. The van der Waals surface area contributed by atoms with Crippen LogP contribution in [0.2, 0.25) is 0 Å². The molecule has 1 amide bonds. The van der Waals surface area contributed by atoms with Crippen LogP contribution in [0.15, 0.2) is 48.7 Å². The SMILES string of the molecule is CN1[C@H]2CCC[C@H]3N(C(=O)c4ncccc4O)[C@@H](Cc4ccccc4)[C@@H]1C[C@@]23C. The van der Waals surface area contributed by atoms with Gasteiger partial charge in [-0.25, -0.2) is 4.98 Å². The maximum Gasteiger partial charge on any atom is 0.276 e. The Morgan fingerprint density at radius 3 is 2.69 bits per heavy atom. The van der Waals surface area contributed by atoms with Crippen LogP contribution in [-0.2, 0) is 6.42 Å². The van der Waals surface area contributed by atoms with Crippen molar-refractivity contribution in [2.75, 3.05) is 7.05 Å². The summed E-state index contributed by atoms with van der Waals surface area (Å²) in [6.45, 7) is 2.37. The molecule has 2 bridgehead atoms. The molecule has 3 fully saturated rings. The summed E-state index contributed by atoms with van der Waals surface area (Å²) in [5.41, 5.74) is 1.53. The van der Waals surface area contributed by atoms with Crippen LogP contribution < -0.4 is 0 Å². The summed E-state index contributed by atoms with van der Waals surface area (Å²) in [5.74, 6) is -0.152. The van der Waals surface area contributed by atoms with Crippen LogP contribution in [-0.4, -0.2) is 57.0 Å². The van der Waals surface area contributed by atoms with Gasteiger partial charge in [-0.1, -0.05) is 37.3 Å². The summed E-state index contributed by atoms with van der Waals surface area (Å²) in [6, 6.07) is 14.8. The molecule has 1 aromatic heterocycles. The number of aromatic hydroxyl groups is 1. The van der Waals surface area contributed by atoms with E-state index < -0.39 is 0 Å². The predicted molar refractivity (Wildman–Crippen MR) is 112 cm³/mol. The van der Waals surface area contributed by atoms with Gasteiger partial charge in [0.1, 0.15) is 5.75 Å². The van der Waals surface area contributed by atoms with Gasteiger partial charge in [-0.05, 0) is 56.8 Å². The number of rotatable bonds is 3. The lowest BCUT2D eigenvalue weighted by Crippen LogP contribution is -2.62. The molecule has 5 atom stereocenters. The Balaban J connectivity index is 1.60. The predicted octanol–water partition coefficient (Wildman–Crippen LogP) is 3.49. The minimum Gasteiger partial charge on any atom is -0.505 e. The average Bonchev–Trinajstić information content (AvgIpc) is 2.99. The molecule has 1 saturated carbocycles. The maximum absolute atomic E-state index is 13.8. The van der Waals surface area contributed by atoms with Gasteiger partial charge in [0.25, 0.3) is 5.91 Å². The van der Waals surface area contributed by atoms with Crippen LogP contribution in [0.25, 0.3) is 0 Å². The molecule has 0 radical (unpaired) electrons. The number of nitrogens with zero attached hydrogens (tertiary/aromatic N) is 3. The van der Waals surface area contributed by atoms with E-state index in [0.717, 1.165) is 25.7 Å². The van der Waals surface area contributed by atoms with Crippen molar-refractivity contribution in [2.24, 2.45) is 5.41 Å². The molecule has 152 valence electrons. The van der Waals surface area contributed by atoms with Gasteiger partial charge in [-0.2, -0.15) is 0 Å². The van der Waals surface area contributed by atoms with E-state index in [1.165, 1.54) is 12.0 Å². The van der Waals surface area contributed by atoms with Crippen LogP contribution >= 0.6 is 0 Å². The number of hydrogen-bond donors (Lipinski definition) is 1. The molecular formula is C24H29N3O2. The van der Waals surface area contributed by atoms with Crippen molar-refractivity contribution in [1.29, 1.82) is 0 Å². The Morgan fingerprint density at radius 2 is 1.93 bits per heavy atom. The number of hydrogen-bond acceptors (Lipinski definition) is 4. The summed E-state index contributed by atoms with van der Waals surface area (Å²) in [6.07, 6.45) is 6.92. The second-order valence-corrected chi connectivity index (χ2v) is 9.25. The smallest absolute Gasteiger partial charge is 0.276 e. The van der Waals surface area contributed by atoms with E-state index in [-0.39, 0.29) is 34.8 Å². The molecule has 2 aromatic rings. The van der Waals surface area contributed by atoms with Crippen LogP contribution in [0.5, 0.6) is 5.75 Å². The van der Waals surface area contributed by atoms with Gasteiger partial charge in [0, 0.05) is 29.7 Å². The monoisotopic (exact) mass is 391 g/mol. The molecule has 3 aliphatic rings. The molecule has 1 aromatic carbocycles. The summed E-state index contributed by atoms with van der Waals surface area (Å²) in [4.78, 5) is 22.7. The van der Waals surface area contributed by atoms with Gasteiger partial charge in [0.15, 0.2) is 5.69 Å². The number of fused-ring (bicyclic) bond motifs is 1.